The molecule has 0 N–H and O–H groups in total. The average molecular weight is 365 g/mol. The highest BCUT2D eigenvalue weighted by Crippen LogP contribution is 2.25. The molecule has 0 fully saturated rings. The van der Waals surface area contributed by atoms with Crippen LogP contribution < -0.4 is 0 Å². The number of nitro groups is 1. The Morgan fingerprint density at radius 3 is 2.96 bits per heavy atom. The van der Waals surface area contributed by atoms with Crippen molar-refractivity contribution >= 4 is 34.6 Å². The van der Waals surface area contributed by atoms with E-state index in [-0.39, 0.29) is 22.9 Å². The van der Waals surface area contributed by atoms with Gasteiger partial charge in [-0.1, -0.05) is 17.7 Å². The van der Waals surface area contributed by atoms with E-state index < -0.39 is 10.9 Å². The van der Waals surface area contributed by atoms with Crippen LogP contribution in [0.3, 0.4) is 0 Å². The predicted molar refractivity (Wildman–Crippen MR) is 87.0 cm³/mol. The lowest BCUT2D eigenvalue weighted by atomic mass is 10.2. The summed E-state index contributed by atoms with van der Waals surface area (Å²) < 4.78 is 10.4. The fraction of sp³-hybridized carbons (Fsp3) is 0.0667. The molecule has 0 aliphatic carbocycles. The Hall–Kier alpha value is -2.71. The number of halogens is 1. The smallest absolute Gasteiger partial charge is 0.340 e. The molecule has 1 aromatic carbocycles. The van der Waals surface area contributed by atoms with Gasteiger partial charge in [-0.3, -0.25) is 10.1 Å². The Bertz CT molecular complexity index is 891. The summed E-state index contributed by atoms with van der Waals surface area (Å²) in [6.45, 7) is -0.132. The maximum atomic E-state index is 12.1. The van der Waals surface area contributed by atoms with E-state index in [4.69, 9.17) is 20.8 Å². The van der Waals surface area contributed by atoms with Gasteiger partial charge in [-0.25, -0.2) is 9.78 Å². The number of non-ortho nitro benzene ring substituents is 1. The van der Waals surface area contributed by atoms with Gasteiger partial charge in [-0.2, -0.15) is 0 Å². The van der Waals surface area contributed by atoms with Crippen molar-refractivity contribution in [3.63, 3.8) is 0 Å². The van der Waals surface area contributed by atoms with Gasteiger partial charge in [0.1, 0.15) is 18.6 Å². The summed E-state index contributed by atoms with van der Waals surface area (Å²) in [5.41, 5.74) is 0.105. The van der Waals surface area contributed by atoms with E-state index in [1.807, 2.05) is 17.5 Å². The number of carbonyl (C=O) groups is 1. The monoisotopic (exact) mass is 364 g/mol. The van der Waals surface area contributed by atoms with E-state index in [0.29, 0.717) is 11.6 Å². The van der Waals surface area contributed by atoms with E-state index in [2.05, 4.69) is 4.98 Å². The molecule has 122 valence electrons. The van der Waals surface area contributed by atoms with Gasteiger partial charge in [0, 0.05) is 12.1 Å². The van der Waals surface area contributed by atoms with Crippen molar-refractivity contribution in [1.82, 2.24) is 4.98 Å². The van der Waals surface area contributed by atoms with E-state index in [1.165, 1.54) is 29.7 Å². The first-order valence-electron chi connectivity index (χ1n) is 6.64. The van der Waals surface area contributed by atoms with E-state index in [9.17, 15) is 14.9 Å². The standard InChI is InChI=1S/C15H9ClN2O5S/c16-12-4-3-10(18(20)21)6-11(12)15(19)23-8-9-7-22-14(17-9)13-2-1-5-24-13/h1-7H,8H2. The molecule has 24 heavy (non-hydrogen) atoms. The Kier molecular flexibility index (Phi) is 4.59. The van der Waals surface area contributed by atoms with Crippen LogP contribution in [0.4, 0.5) is 5.69 Å². The van der Waals surface area contributed by atoms with Crippen LogP contribution in [0.25, 0.3) is 10.8 Å². The lowest BCUT2D eigenvalue weighted by molar-refractivity contribution is -0.384. The topological polar surface area (TPSA) is 95.5 Å². The number of ether oxygens (including phenoxy) is 1. The minimum atomic E-state index is -0.774. The van der Waals surface area contributed by atoms with Crippen molar-refractivity contribution in [1.29, 1.82) is 0 Å². The summed E-state index contributed by atoms with van der Waals surface area (Å²) in [7, 11) is 0. The number of benzene rings is 1. The van der Waals surface area contributed by atoms with Gasteiger partial charge < -0.3 is 9.15 Å². The van der Waals surface area contributed by atoms with E-state index in [1.54, 1.807) is 0 Å². The fourth-order valence-electron chi connectivity index (χ4n) is 1.89. The van der Waals surface area contributed by atoms with Crippen LogP contribution in [0.5, 0.6) is 0 Å². The van der Waals surface area contributed by atoms with Gasteiger partial charge in [0.05, 0.1) is 20.4 Å². The third-order valence-electron chi connectivity index (χ3n) is 3.02. The van der Waals surface area contributed by atoms with Crippen molar-refractivity contribution in [2.75, 3.05) is 0 Å². The summed E-state index contributed by atoms with van der Waals surface area (Å²) in [6.07, 6.45) is 1.39. The summed E-state index contributed by atoms with van der Waals surface area (Å²) in [6, 6.07) is 7.29. The van der Waals surface area contributed by atoms with E-state index in [0.717, 1.165) is 10.9 Å². The SMILES string of the molecule is O=C(OCc1coc(-c2cccs2)n1)c1cc([N+](=O)[O-])ccc1Cl. The Labute approximate surface area is 144 Å². The van der Waals surface area contributed by atoms with Crippen LogP contribution in [-0.2, 0) is 11.3 Å². The quantitative estimate of drug-likeness (QED) is 0.380. The molecule has 0 amide bonds. The van der Waals surface area contributed by atoms with Gasteiger partial charge in [0.2, 0.25) is 5.89 Å². The summed E-state index contributed by atoms with van der Waals surface area (Å²) in [5, 5.41) is 12.7. The molecule has 0 saturated carbocycles. The minimum absolute atomic E-state index is 0.0741. The molecule has 0 spiro atoms. The number of hydrogen-bond acceptors (Lipinski definition) is 7. The summed E-state index contributed by atoms with van der Waals surface area (Å²) in [4.78, 5) is 27.3. The molecule has 0 radical (unpaired) electrons. The maximum absolute atomic E-state index is 12.1. The van der Waals surface area contributed by atoms with Crippen molar-refractivity contribution in [3.05, 3.63) is 68.4 Å². The van der Waals surface area contributed by atoms with Crippen LogP contribution in [0.2, 0.25) is 5.02 Å². The molecule has 3 aromatic rings. The molecule has 0 aliphatic rings. The molecule has 9 heteroatoms. The number of thiophene rings is 1. The predicted octanol–water partition coefficient (Wildman–Crippen LogP) is 4.32. The third-order valence-corrected chi connectivity index (χ3v) is 4.20. The lowest BCUT2D eigenvalue weighted by Crippen LogP contribution is -2.07. The highest BCUT2D eigenvalue weighted by molar-refractivity contribution is 7.13. The second kappa shape index (κ2) is 6.81. The second-order valence-electron chi connectivity index (χ2n) is 4.62. The van der Waals surface area contributed by atoms with Gasteiger partial charge >= 0.3 is 5.97 Å². The van der Waals surface area contributed by atoms with Crippen LogP contribution in [-0.4, -0.2) is 15.9 Å². The zero-order valence-electron chi connectivity index (χ0n) is 12.0. The molecule has 3 rings (SSSR count). The molecule has 0 saturated heterocycles. The minimum Gasteiger partial charge on any atom is -0.455 e. The van der Waals surface area contributed by atoms with Crippen molar-refractivity contribution < 1.29 is 18.9 Å². The molecule has 0 unspecified atom stereocenters. The molecule has 0 bridgehead atoms. The largest absolute Gasteiger partial charge is 0.455 e. The van der Waals surface area contributed by atoms with Gasteiger partial charge in [-0.15, -0.1) is 11.3 Å². The number of aromatic nitrogens is 1. The number of oxazole rings is 1. The average Bonchev–Trinajstić information content (AvgIpc) is 3.24. The summed E-state index contributed by atoms with van der Waals surface area (Å²) in [5.74, 6) is -0.339. The van der Waals surface area contributed by atoms with Crippen LogP contribution in [0, 0.1) is 10.1 Å². The molecule has 7 nitrogen and oxygen atoms in total. The fourth-order valence-corrected chi connectivity index (χ4v) is 2.74. The van der Waals surface area contributed by atoms with Gasteiger partial charge in [-0.05, 0) is 17.5 Å². The Morgan fingerprint density at radius 2 is 2.25 bits per heavy atom. The zero-order valence-corrected chi connectivity index (χ0v) is 13.5. The van der Waals surface area contributed by atoms with Crippen LogP contribution in [0.1, 0.15) is 16.1 Å². The highest BCUT2D eigenvalue weighted by atomic mass is 35.5. The Balaban J connectivity index is 1.70. The van der Waals surface area contributed by atoms with Crippen LogP contribution >= 0.6 is 22.9 Å². The molecule has 0 aliphatic heterocycles. The van der Waals surface area contributed by atoms with Crippen molar-refractivity contribution in [2.24, 2.45) is 0 Å². The van der Waals surface area contributed by atoms with E-state index >= 15 is 0 Å². The number of hydrogen-bond donors (Lipinski definition) is 0. The highest BCUT2D eigenvalue weighted by Gasteiger charge is 2.18. The first-order chi connectivity index (χ1) is 11.5. The molecular formula is C15H9ClN2O5S. The zero-order chi connectivity index (χ0) is 17.1. The molecule has 2 heterocycles. The third kappa shape index (κ3) is 3.44. The van der Waals surface area contributed by atoms with Gasteiger partial charge in [0.25, 0.3) is 5.69 Å². The number of rotatable bonds is 5. The first kappa shape index (κ1) is 16.2. The first-order valence-corrected chi connectivity index (χ1v) is 7.89. The molecule has 2 aromatic heterocycles. The maximum Gasteiger partial charge on any atom is 0.340 e. The number of nitrogens with zero attached hydrogens (tertiary/aromatic N) is 2. The molecule has 0 atom stereocenters. The lowest BCUT2D eigenvalue weighted by Gasteiger charge is -2.04. The van der Waals surface area contributed by atoms with Crippen LogP contribution in [0.15, 0.2) is 46.4 Å². The number of nitro benzene ring substituents is 1. The second-order valence-corrected chi connectivity index (χ2v) is 5.97. The van der Waals surface area contributed by atoms with Gasteiger partial charge in [0.15, 0.2) is 0 Å². The molecular weight excluding hydrogens is 356 g/mol. The number of carbonyl (C=O) groups excluding carboxylic acids is 1. The van der Waals surface area contributed by atoms with Crippen molar-refractivity contribution in [3.8, 4) is 10.8 Å². The normalized spacial score (nSPS) is 10.5. The number of esters is 1. The van der Waals surface area contributed by atoms with Crippen molar-refractivity contribution in [2.45, 2.75) is 6.61 Å². The summed E-state index contributed by atoms with van der Waals surface area (Å²) >= 11 is 7.36. The Morgan fingerprint density at radius 1 is 1.42 bits per heavy atom.